The van der Waals surface area contributed by atoms with Crippen LogP contribution in [0, 0.1) is 0 Å². The molecular formula is C9H8N2OS. The van der Waals surface area contributed by atoms with Gasteiger partial charge in [0.05, 0.1) is 5.75 Å². The second-order valence-corrected chi connectivity index (χ2v) is 3.57. The Morgan fingerprint density at radius 1 is 1.31 bits per heavy atom. The minimum absolute atomic E-state index is 0.0373. The van der Waals surface area contributed by atoms with E-state index in [-0.39, 0.29) is 5.91 Å². The van der Waals surface area contributed by atoms with Gasteiger partial charge in [-0.2, -0.15) is 5.10 Å². The molecule has 0 saturated carbocycles. The van der Waals surface area contributed by atoms with Gasteiger partial charge in [0.2, 0.25) is 0 Å². The van der Waals surface area contributed by atoms with Gasteiger partial charge in [-0.15, -0.1) is 0 Å². The number of rotatable bonds is 1. The first-order chi connectivity index (χ1) is 6.36. The molecule has 0 atom stereocenters. The number of hydrogen-bond donors (Lipinski definition) is 1. The first-order valence-corrected chi connectivity index (χ1v) is 4.89. The van der Waals surface area contributed by atoms with Gasteiger partial charge in [0.1, 0.15) is 5.04 Å². The standard InChI is InChI=1S/C9H8N2OS/c12-8-6-13-9(11-10-8)7-4-2-1-3-5-7/h1-5H,6H2,(H,10,12). The van der Waals surface area contributed by atoms with E-state index in [2.05, 4.69) is 10.5 Å². The smallest absolute Gasteiger partial charge is 0.250 e. The molecule has 1 aromatic carbocycles. The van der Waals surface area contributed by atoms with Crippen LogP contribution in [0.3, 0.4) is 0 Å². The summed E-state index contributed by atoms with van der Waals surface area (Å²) in [5, 5.41) is 4.84. The van der Waals surface area contributed by atoms with Crippen molar-refractivity contribution in [3.8, 4) is 0 Å². The van der Waals surface area contributed by atoms with Crippen LogP contribution < -0.4 is 5.43 Å². The highest BCUT2D eigenvalue weighted by molar-refractivity contribution is 8.15. The predicted molar refractivity (Wildman–Crippen MR) is 53.6 cm³/mol. The first kappa shape index (κ1) is 8.31. The Morgan fingerprint density at radius 3 is 2.69 bits per heavy atom. The lowest BCUT2D eigenvalue weighted by atomic mass is 10.2. The molecular weight excluding hydrogens is 184 g/mol. The fourth-order valence-electron chi connectivity index (χ4n) is 1.04. The molecule has 13 heavy (non-hydrogen) atoms. The van der Waals surface area contributed by atoms with Crippen LogP contribution in [0.1, 0.15) is 5.56 Å². The summed E-state index contributed by atoms with van der Waals surface area (Å²) in [6, 6.07) is 9.81. The Kier molecular flexibility index (Phi) is 2.31. The molecule has 4 heteroatoms. The van der Waals surface area contributed by atoms with Crippen molar-refractivity contribution in [3.63, 3.8) is 0 Å². The fraction of sp³-hybridized carbons (Fsp3) is 0.111. The molecule has 2 rings (SSSR count). The number of carbonyl (C=O) groups is 1. The Morgan fingerprint density at radius 2 is 2.08 bits per heavy atom. The average molecular weight is 192 g/mol. The van der Waals surface area contributed by atoms with Gasteiger partial charge in [0.25, 0.3) is 5.91 Å². The first-order valence-electron chi connectivity index (χ1n) is 3.91. The van der Waals surface area contributed by atoms with Gasteiger partial charge in [-0.1, -0.05) is 42.1 Å². The maximum Gasteiger partial charge on any atom is 0.250 e. The van der Waals surface area contributed by atoms with Gasteiger partial charge in [-0.25, -0.2) is 5.43 Å². The second kappa shape index (κ2) is 3.62. The Bertz CT molecular complexity index is 348. The van der Waals surface area contributed by atoms with Crippen molar-refractivity contribution in [1.29, 1.82) is 0 Å². The third kappa shape index (κ3) is 1.89. The van der Waals surface area contributed by atoms with Gasteiger partial charge >= 0.3 is 0 Å². The van der Waals surface area contributed by atoms with Gasteiger partial charge in [0, 0.05) is 5.56 Å². The summed E-state index contributed by atoms with van der Waals surface area (Å²) in [5.41, 5.74) is 3.51. The molecule has 1 amide bonds. The Hall–Kier alpha value is -1.29. The van der Waals surface area contributed by atoms with Crippen LogP contribution in [0.5, 0.6) is 0 Å². The molecule has 1 heterocycles. The molecule has 3 nitrogen and oxygen atoms in total. The number of hydrogen-bond acceptors (Lipinski definition) is 3. The van der Waals surface area contributed by atoms with Crippen LogP contribution in [0.25, 0.3) is 0 Å². The van der Waals surface area contributed by atoms with Crippen molar-refractivity contribution < 1.29 is 4.79 Å². The molecule has 0 bridgehead atoms. The Labute approximate surface area is 80.2 Å². The van der Waals surface area contributed by atoms with Crippen molar-refractivity contribution in [3.05, 3.63) is 35.9 Å². The van der Waals surface area contributed by atoms with E-state index in [1.54, 1.807) is 0 Å². The van der Waals surface area contributed by atoms with Crippen molar-refractivity contribution in [2.24, 2.45) is 5.10 Å². The summed E-state index contributed by atoms with van der Waals surface area (Å²) in [7, 11) is 0. The molecule has 1 aromatic rings. The van der Waals surface area contributed by atoms with Crippen LogP contribution in [0.2, 0.25) is 0 Å². The van der Waals surface area contributed by atoms with Crippen molar-refractivity contribution in [2.75, 3.05) is 5.75 Å². The van der Waals surface area contributed by atoms with Gasteiger partial charge in [0.15, 0.2) is 0 Å². The fourth-order valence-corrected chi connectivity index (χ4v) is 1.79. The monoisotopic (exact) mass is 192 g/mol. The highest BCUT2D eigenvalue weighted by Gasteiger charge is 2.12. The molecule has 0 radical (unpaired) electrons. The summed E-state index contributed by atoms with van der Waals surface area (Å²) >= 11 is 1.46. The minimum atomic E-state index is -0.0373. The van der Waals surface area contributed by atoms with Crippen LogP contribution >= 0.6 is 11.8 Å². The maximum absolute atomic E-state index is 10.8. The number of carbonyl (C=O) groups excluding carboxylic acids is 1. The van der Waals surface area contributed by atoms with E-state index in [1.807, 2.05) is 30.3 Å². The van der Waals surface area contributed by atoms with Gasteiger partial charge in [-0.3, -0.25) is 4.79 Å². The number of thioether (sulfide) groups is 1. The third-order valence-electron chi connectivity index (χ3n) is 1.64. The summed E-state index contributed by atoms with van der Waals surface area (Å²) in [5.74, 6) is 0.415. The lowest BCUT2D eigenvalue weighted by molar-refractivity contribution is -0.118. The number of nitrogens with one attached hydrogen (secondary N) is 1. The number of hydrazone groups is 1. The van der Waals surface area contributed by atoms with Crippen molar-refractivity contribution in [1.82, 2.24) is 5.43 Å². The SMILES string of the molecule is O=C1CSC(c2ccccc2)=NN1. The van der Waals surface area contributed by atoms with Crippen LogP contribution in [-0.4, -0.2) is 16.7 Å². The lowest BCUT2D eigenvalue weighted by Crippen LogP contribution is -2.26. The van der Waals surface area contributed by atoms with E-state index in [9.17, 15) is 4.79 Å². The van der Waals surface area contributed by atoms with Gasteiger partial charge in [-0.05, 0) is 0 Å². The van der Waals surface area contributed by atoms with Gasteiger partial charge < -0.3 is 0 Å². The zero-order valence-electron chi connectivity index (χ0n) is 6.86. The van der Waals surface area contributed by atoms with E-state index in [1.165, 1.54) is 11.8 Å². The molecule has 1 aliphatic rings. The predicted octanol–water partition coefficient (Wildman–Crippen LogP) is 1.21. The largest absolute Gasteiger partial charge is 0.272 e. The average Bonchev–Trinajstić information content (AvgIpc) is 2.20. The molecule has 0 fully saturated rings. The van der Waals surface area contributed by atoms with Crippen molar-refractivity contribution >= 4 is 22.7 Å². The molecule has 0 aliphatic carbocycles. The molecule has 0 saturated heterocycles. The summed E-state index contributed by atoms with van der Waals surface area (Å²) in [6.45, 7) is 0. The van der Waals surface area contributed by atoms with Crippen LogP contribution in [0.4, 0.5) is 0 Å². The highest BCUT2D eigenvalue weighted by Crippen LogP contribution is 2.15. The van der Waals surface area contributed by atoms with E-state index < -0.39 is 0 Å². The number of benzene rings is 1. The molecule has 0 spiro atoms. The molecule has 1 aliphatic heterocycles. The zero-order chi connectivity index (χ0) is 9.10. The van der Waals surface area contributed by atoms with Crippen LogP contribution in [-0.2, 0) is 4.79 Å². The summed E-state index contributed by atoms with van der Waals surface area (Å²) < 4.78 is 0. The third-order valence-corrected chi connectivity index (χ3v) is 2.65. The van der Waals surface area contributed by atoms with E-state index in [0.29, 0.717) is 5.75 Å². The normalized spacial score (nSPS) is 16.3. The molecule has 66 valence electrons. The quantitative estimate of drug-likeness (QED) is 0.726. The van der Waals surface area contributed by atoms with Crippen LogP contribution in [0.15, 0.2) is 35.4 Å². The zero-order valence-corrected chi connectivity index (χ0v) is 7.67. The highest BCUT2D eigenvalue weighted by atomic mass is 32.2. The summed E-state index contributed by atoms with van der Waals surface area (Å²) in [4.78, 5) is 10.8. The second-order valence-electron chi connectivity index (χ2n) is 2.61. The van der Waals surface area contributed by atoms with E-state index >= 15 is 0 Å². The Balaban J connectivity index is 2.23. The molecule has 0 unspecified atom stereocenters. The summed E-state index contributed by atoms with van der Waals surface area (Å²) in [6.07, 6.45) is 0. The lowest BCUT2D eigenvalue weighted by Gasteiger charge is -2.10. The molecule has 1 N–H and O–H groups in total. The maximum atomic E-state index is 10.8. The topological polar surface area (TPSA) is 41.5 Å². The van der Waals surface area contributed by atoms with E-state index in [4.69, 9.17) is 0 Å². The minimum Gasteiger partial charge on any atom is -0.272 e. The van der Waals surface area contributed by atoms with E-state index in [0.717, 1.165) is 10.6 Å². The number of nitrogens with zero attached hydrogens (tertiary/aromatic N) is 1. The molecule has 0 aromatic heterocycles. The van der Waals surface area contributed by atoms with Crippen molar-refractivity contribution in [2.45, 2.75) is 0 Å². The number of amides is 1.